The molecule has 0 saturated carbocycles. The van der Waals surface area contributed by atoms with E-state index < -0.39 is 0 Å². The third-order valence-electron chi connectivity index (χ3n) is 3.33. The minimum atomic E-state index is 0.0189. The van der Waals surface area contributed by atoms with Gasteiger partial charge in [-0.3, -0.25) is 4.79 Å². The lowest BCUT2D eigenvalue weighted by atomic mass is 10.1. The molecule has 0 bridgehead atoms. The maximum atomic E-state index is 11.9. The summed E-state index contributed by atoms with van der Waals surface area (Å²) in [5, 5.41) is 3.00. The van der Waals surface area contributed by atoms with Crippen LogP contribution in [0.1, 0.15) is 24.5 Å². The Bertz CT molecular complexity index is 473. The summed E-state index contributed by atoms with van der Waals surface area (Å²) in [5.74, 6) is 0.0189. The lowest BCUT2D eigenvalue weighted by Crippen LogP contribution is -2.39. The van der Waals surface area contributed by atoms with Crippen LogP contribution < -0.4 is 11.1 Å². The molecule has 5 heteroatoms. The Morgan fingerprint density at radius 1 is 1.47 bits per heavy atom. The first-order valence-corrected chi connectivity index (χ1v) is 6.77. The average molecular weight is 278 g/mol. The predicted molar refractivity (Wildman–Crippen MR) is 78.0 cm³/mol. The zero-order valence-corrected chi connectivity index (χ0v) is 11.7. The number of ether oxygens (including phenoxy) is 1. The van der Waals surface area contributed by atoms with E-state index in [1.165, 1.54) is 0 Å². The van der Waals surface area contributed by atoms with Gasteiger partial charge in [-0.25, -0.2) is 0 Å². The molecule has 1 fully saturated rings. The molecule has 0 aromatic heterocycles. The lowest BCUT2D eigenvalue weighted by molar-refractivity contribution is -0.121. The molecule has 2 unspecified atom stereocenters. The Balaban J connectivity index is 1.89. The number of thiocarbonyl (C=S) groups is 1. The van der Waals surface area contributed by atoms with Gasteiger partial charge < -0.3 is 15.8 Å². The van der Waals surface area contributed by atoms with E-state index in [2.05, 4.69) is 5.32 Å². The van der Waals surface area contributed by atoms with Gasteiger partial charge in [0.2, 0.25) is 5.91 Å². The van der Waals surface area contributed by atoms with Crippen molar-refractivity contribution in [2.45, 2.75) is 31.9 Å². The number of benzene rings is 1. The van der Waals surface area contributed by atoms with Crippen molar-refractivity contribution < 1.29 is 9.53 Å². The van der Waals surface area contributed by atoms with E-state index in [1.807, 2.05) is 31.2 Å². The summed E-state index contributed by atoms with van der Waals surface area (Å²) in [6.45, 7) is 2.70. The number of nitrogens with one attached hydrogen (secondary N) is 1. The molecule has 0 radical (unpaired) electrons. The van der Waals surface area contributed by atoms with Crippen LogP contribution in [0.3, 0.4) is 0 Å². The highest BCUT2D eigenvalue weighted by Gasteiger charge is 2.25. The van der Waals surface area contributed by atoms with Crippen LogP contribution in [-0.4, -0.2) is 29.6 Å². The number of carbonyl (C=O) groups is 1. The minimum absolute atomic E-state index is 0.0189. The van der Waals surface area contributed by atoms with Crippen LogP contribution in [0.25, 0.3) is 0 Å². The highest BCUT2D eigenvalue weighted by atomic mass is 32.1. The number of rotatable bonds is 4. The van der Waals surface area contributed by atoms with Gasteiger partial charge >= 0.3 is 0 Å². The summed E-state index contributed by atoms with van der Waals surface area (Å²) < 4.78 is 5.42. The fraction of sp³-hybridized carbons (Fsp3) is 0.429. The standard InChI is InChI=1S/C14H18N2O2S/c1-9-12(6-7-18-9)16-13(17)8-10-2-4-11(5-3-10)14(15)19/h2-5,9,12H,6-8H2,1H3,(H2,15,19)(H,16,17). The number of hydrogen-bond acceptors (Lipinski definition) is 3. The van der Waals surface area contributed by atoms with E-state index in [-0.39, 0.29) is 18.1 Å². The first-order valence-electron chi connectivity index (χ1n) is 6.36. The molecule has 0 spiro atoms. The normalized spacial score (nSPS) is 22.2. The van der Waals surface area contributed by atoms with Crippen molar-refractivity contribution in [3.8, 4) is 0 Å². The Hall–Kier alpha value is -1.46. The number of carbonyl (C=O) groups excluding carboxylic acids is 1. The van der Waals surface area contributed by atoms with Crippen LogP contribution in [0.4, 0.5) is 0 Å². The second-order valence-electron chi connectivity index (χ2n) is 4.78. The third-order valence-corrected chi connectivity index (χ3v) is 3.56. The van der Waals surface area contributed by atoms with Gasteiger partial charge in [0, 0.05) is 12.2 Å². The molecule has 1 saturated heterocycles. The summed E-state index contributed by atoms with van der Waals surface area (Å²) >= 11 is 4.89. The molecule has 19 heavy (non-hydrogen) atoms. The molecular weight excluding hydrogens is 260 g/mol. The van der Waals surface area contributed by atoms with Crippen molar-refractivity contribution in [3.63, 3.8) is 0 Å². The maximum Gasteiger partial charge on any atom is 0.224 e. The van der Waals surface area contributed by atoms with Crippen LogP contribution >= 0.6 is 12.2 Å². The molecule has 1 aliphatic heterocycles. The van der Waals surface area contributed by atoms with E-state index in [9.17, 15) is 4.79 Å². The molecule has 3 N–H and O–H groups in total. The van der Waals surface area contributed by atoms with Crippen molar-refractivity contribution in [2.75, 3.05) is 6.61 Å². The highest BCUT2D eigenvalue weighted by molar-refractivity contribution is 7.80. The summed E-state index contributed by atoms with van der Waals surface area (Å²) in [7, 11) is 0. The Morgan fingerprint density at radius 2 is 2.16 bits per heavy atom. The summed E-state index contributed by atoms with van der Waals surface area (Å²) in [4.78, 5) is 12.3. The molecule has 1 heterocycles. The van der Waals surface area contributed by atoms with Crippen LogP contribution in [-0.2, 0) is 16.0 Å². The molecule has 1 aromatic rings. The Morgan fingerprint density at radius 3 is 2.68 bits per heavy atom. The van der Waals surface area contributed by atoms with Gasteiger partial charge in [0.25, 0.3) is 0 Å². The van der Waals surface area contributed by atoms with Crippen molar-refractivity contribution >= 4 is 23.1 Å². The third kappa shape index (κ3) is 3.75. The van der Waals surface area contributed by atoms with E-state index in [0.29, 0.717) is 11.4 Å². The number of amides is 1. The fourth-order valence-corrected chi connectivity index (χ4v) is 2.29. The maximum absolute atomic E-state index is 11.9. The minimum Gasteiger partial charge on any atom is -0.389 e. The van der Waals surface area contributed by atoms with Crippen molar-refractivity contribution in [2.24, 2.45) is 5.73 Å². The Labute approximate surface area is 118 Å². The lowest BCUT2D eigenvalue weighted by Gasteiger charge is -2.16. The largest absolute Gasteiger partial charge is 0.389 e. The van der Waals surface area contributed by atoms with Crippen LogP contribution in [0.15, 0.2) is 24.3 Å². The quantitative estimate of drug-likeness (QED) is 0.811. The fourth-order valence-electron chi connectivity index (χ4n) is 2.15. The highest BCUT2D eigenvalue weighted by Crippen LogP contribution is 2.13. The average Bonchev–Trinajstić information content (AvgIpc) is 2.75. The number of hydrogen-bond donors (Lipinski definition) is 2. The van der Waals surface area contributed by atoms with Gasteiger partial charge in [0.1, 0.15) is 4.99 Å². The molecule has 1 aromatic carbocycles. The van der Waals surface area contributed by atoms with Crippen LogP contribution in [0, 0.1) is 0 Å². The molecular formula is C14H18N2O2S. The van der Waals surface area contributed by atoms with Crippen molar-refractivity contribution in [3.05, 3.63) is 35.4 Å². The molecule has 4 nitrogen and oxygen atoms in total. The molecule has 2 rings (SSSR count). The monoisotopic (exact) mass is 278 g/mol. The summed E-state index contributed by atoms with van der Waals surface area (Å²) in [6.07, 6.45) is 1.34. The van der Waals surface area contributed by atoms with Crippen molar-refractivity contribution in [1.29, 1.82) is 0 Å². The molecule has 102 valence electrons. The first-order chi connectivity index (χ1) is 9.06. The second-order valence-corrected chi connectivity index (χ2v) is 5.22. The van der Waals surface area contributed by atoms with E-state index in [4.69, 9.17) is 22.7 Å². The zero-order valence-electron chi connectivity index (χ0n) is 10.9. The van der Waals surface area contributed by atoms with Gasteiger partial charge in [-0.2, -0.15) is 0 Å². The summed E-state index contributed by atoms with van der Waals surface area (Å²) in [6, 6.07) is 7.56. The van der Waals surface area contributed by atoms with Crippen LogP contribution in [0.5, 0.6) is 0 Å². The van der Waals surface area contributed by atoms with E-state index in [0.717, 1.165) is 24.2 Å². The van der Waals surface area contributed by atoms with Crippen molar-refractivity contribution in [1.82, 2.24) is 5.32 Å². The first kappa shape index (κ1) is 14.0. The zero-order chi connectivity index (χ0) is 13.8. The van der Waals surface area contributed by atoms with E-state index in [1.54, 1.807) is 0 Å². The predicted octanol–water partition coefficient (Wildman–Crippen LogP) is 1.16. The Kier molecular flexibility index (Phi) is 4.50. The summed E-state index contributed by atoms with van der Waals surface area (Å²) in [5.41, 5.74) is 7.29. The topological polar surface area (TPSA) is 64.3 Å². The SMILES string of the molecule is CC1OCCC1NC(=O)Cc1ccc(C(N)=S)cc1. The number of nitrogens with two attached hydrogens (primary N) is 1. The van der Waals surface area contributed by atoms with Gasteiger partial charge in [-0.05, 0) is 18.9 Å². The van der Waals surface area contributed by atoms with E-state index >= 15 is 0 Å². The second kappa shape index (κ2) is 6.12. The smallest absolute Gasteiger partial charge is 0.224 e. The van der Waals surface area contributed by atoms with Gasteiger partial charge in [0.05, 0.1) is 18.6 Å². The molecule has 0 aliphatic carbocycles. The van der Waals surface area contributed by atoms with Gasteiger partial charge in [0.15, 0.2) is 0 Å². The molecule has 2 atom stereocenters. The molecule has 1 amide bonds. The molecule has 1 aliphatic rings. The van der Waals surface area contributed by atoms with Crippen LogP contribution in [0.2, 0.25) is 0 Å². The van der Waals surface area contributed by atoms with Gasteiger partial charge in [-0.15, -0.1) is 0 Å². The van der Waals surface area contributed by atoms with Gasteiger partial charge in [-0.1, -0.05) is 36.5 Å².